The molecule has 3 rings (SSSR count). The summed E-state index contributed by atoms with van der Waals surface area (Å²) in [4.78, 5) is 1.63. The minimum atomic E-state index is -5.34. The van der Waals surface area contributed by atoms with Crippen molar-refractivity contribution in [1.82, 2.24) is 9.03 Å². The number of anilines is 1. The largest absolute Gasteiger partial charge is 0.504 e. The van der Waals surface area contributed by atoms with Crippen molar-refractivity contribution in [2.45, 2.75) is 43.8 Å². The molecule has 10 nitrogen and oxygen atoms in total. The van der Waals surface area contributed by atoms with Crippen molar-refractivity contribution >= 4 is 31.6 Å². The van der Waals surface area contributed by atoms with E-state index in [0.717, 1.165) is 22.0 Å². The second-order valence-electron chi connectivity index (χ2n) is 7.98. The van der Waals surface area contributed by atoms with Gasteiger partial charge in [-0.3, -0.25) is 9.71 Å². The molecule has 2 aromatic rings. The number of nitrogens with zero attached hydrogens (tertiary/aromatic N) is 2. The second-order valence-corrected chi connectivity index (χ2v) is 11.7. The molecular weight excluding hydrogens is 525 g/mol. The average molecular weight is 551 g/mol. The van der Waals surface area contributed by atoms with E-state index in [9.17, 15) is 35.1 Å². The highest BCUT2D eigenvalue weighted by Crippen LogP contribution is 2.40. The number of nitrogens with one attached hydrogen (secondary N) is 2. The van der Waals surface area contributed by atoms with Crippen molar-refractivity contribution in [1.29, 1.82) is 0 Å². The van der Waals surface area contributed by atoms with Crippen LogP contribution in [0.1, 0.15) is 37.6 Å². The van der Waals surface area contributed by atoms with Gasteiger partial charge >= 0.3 is 6.18 Å². The number of amidine groups is 1. The summed E-state index contributed by atoms with van der Waals surface area (Å²) in [5.41, 5.74) is -0.636. The van der Waals surface area contributed by atoms with E-state index in [0.29, 0.717) is 12.2 Å². The van der Waals surface area contributed by atoms with Gasteiger partial charge in [-0.25, -0.2) is 21.1 Å². The molecule has 36 heavy (non-hydrogen) atoms. The first-order valence-corrected chi connectivity index (χ1v) is 13.6. The Bertz CT molecular complexity index is 1430. The molecule has 198 valence electrons. The van der Waals surface area contributed by atoms with E-state index in [1.165, 1.54) is 26.4 Å². The summed E-state index contributed by atoms with van der Waals surface area (Å²) >= 11 is 0. The summed E-state index contributed by atoms with van der Waals surface area (Å²) < 4.78 is 99.7. The van der Waals surface area contributed by atoms with E-state index in [-0.39, 0.29) is 6.42 Å². The van der Waals surface area contributed by atoms with Gasteiger partial charge in [-0.2, -0.15) is 13.2 Å². The molecule has 0 bridgehead atoms. The van der Waals surface area contributed by atoms with Crippen LogP contribution >= 0.6 is 0 Å². The van der Waals surface area contributed by atoms with Crippen molar-refractivity contribution in [3.63, 3.8) is 0 Å². The summed E-state index contributed by atoms with van der Waals surface area (Å²) in [6.45, 7) is 3.57. The van der Waals surface area contributed by atoms with E-state index in [1.807, 2.05) is 11.6 Å². The molecule has 0 spiro atoms. The quantitative estimate of drug-likeness (QED) is 0.428. The summed E-state index contributed by atoms with van der Waals surface area (Å²) in [5, 5.41) is 12.8. The molecule has 1 atom stereocenters. The predicted octanol–water partition coefficient (Wildman–Crippen LogP) is 3.47. The number of furan rings is 1. The zero-order chi connectivity index (χ0) is 27.1. The molecule has 1 aromatic carbocycles. The number of halogens is 3. The molecule has 0 amide bonds. The first kappa shape index (κ1) is 27.5. The van der Waals surface area contributed by atoms with E-state index in [1.54, 1.807) is 13.0 Å². The molecule has 2 heterocycles. The van der Waals surface area contributed by atoms with Crippen molar-refractivity contribution < 1.29 is 39.5 Å². The Morgan fingerprint density at radius 1 is 1.25 bits per heavy atom. The van der Waals surface area contributed by atoms with E-state index in [4.69, 9.17) is 4.42 Å². The molecule has 3 N–H and O–H groups in total. The molecule has 0 fully saturated rings. The van der Waals surface area contributed by atoms with Crippen LogP contribution in [0.4, 0.5) is 18.9 Å². The molecule has 15 heteroatoms. The maximum Gasteiger partial charge on any atom is 0.431 e. The van der Waals surface area contributed by atoms with E-state index < -0.39 is 65.0 Å². The summed E-state index contributed by atoms with van der Waals surface area (Å²) in [5.74, 6) is -1.23. The zero-order valence-electron chi connectivity index (χ0n) is 19.7. The number of phenolic OH excluding ortho intramolecular Hbond substituents is 1. The number of hydrogen-bond acceptors (Lipinski definition) is 8. The predicted molar refractivity (Wildman–Crippen MR) is 126 cm³/mol. The Balaban J connectivity index is 2.19. The molecule has 0 radical (unpaired) electrons. The molecule has 1 aromatic heterocycles. The van der Waals surface area contributed by atoms with E-state index >= 15 is 0 Å². The third kappa shape index (κ3) is 5.22. The molecule has 1 aliphatic rings. The fourth-order valence-electron chi connectivity index (χ4n) is 3.40. The number of allylic oxidation sites excluding steroid dienone is 1. The smallest absolute Gasteiger partial charge is 0.431 e. The van der Waals surface area contributed by atoms with Crippen LogP contribution in [0, 0.1) is 0 Å². The lowest BCUT2D eigenvalue weighted by molar-refractivity contribution is -0.0846. The minimum absolute atomic E-state index is 0.262. The minimum Gasteiger partial charge on any atom is -0.504 e. The lowest BCUT2D eigenvalue weighted by Crippen LogP contribution is -2.28. The molecule has 0 aliphatic carbocycles. The van der Waals surface area contributed by atoms with Gasteiger partial charge in [0, 0.05) is 14.1 Å². The topological polar surface area (TPSA) is 141 Å². The lowest BCUT2D eigenvalue weighted by Gasteiger charge is -2.17. The number of aromatic hydroxyl groups is 1. The monoisotopic (exact) mass is 550 g/mol. The number of para-hydroxylation sites is 1. The Labute approximate surface area is 206 Å². The number of alkyl halides is 3. The number of aryl methyl sites for hydroxylation is 1. The fourth-order valence-corrected chi connectivity index (χ4v) is 5.63. The van der Waals surface area contributed by atoms with Gasteiger partial charge in [0.2, 0.25) is 10.0 Å². The first-order valence-electron chi connectivity index (χ1n) is 10.6. The maximum absolute atomic E-state index is 13.9. The van der Waals surface area contributed by atoms with Crippen LogP contribution < -0.4 is 10.0 Å². The Morgan fingerprint density at radius 2 is 1.92 bits per heavy atom. The number of hydrogen-bond donors (Lipinski definition) is 3. The van der Waals surface area contributed by atoms with Crippen LogP contribution in [0.5, 0.6) is 5.75 Å². The van der Waals surface area contributed by atoms with Crippen LogP contribution in [0.15, 0.2) is 55.4 Å². The van der Waals surface area contributed by atoms with Gasteiger partial charge in [0.05, 0.1) is 12.0 Å². The van der Waals surface area contributed by atoms with Gasteiger partial charge in [0.15, 0.2) is 16.5 Å². The number of benzene rings is 1. The van der Waals surface area contributed by atoms with Gasteiger partial charge in [-0.05, 0) is 36.6 Å². The zero-order valence-corrected chi connectivity index (χ0v) is 21.3. The first-order chi connectivity index (χ1) is 16.6. The lowest BCUT2D eigenvalue weighted by atomic mass is 10.1. The van der Waals surface area contributed by atoms with Gasteiger partial charge in [-0.15, -0.1) is 0 Å². The maximum atomic E-state index is 13.9. The Morgan fingerprint density at radius 3 is 2.44 bits per heavy atom. The van der Waals surface area contributed by atoms with Gasteiger partial charge < -0.3 is 14.8 Å². The van der Waals surface area contributed by atoms with Crippen LogP contribution in [-0.2, 0) is 26.5 Å². The molecule has 0 saturated heterocycles. The van der Waals surface area contributed by atoms with Crippen molar-refractivity contribution in [2.75, 3.05) is 19.4 Å². The van der Waals surface area contributed by atoms with Crippen molar-refractivity contribution in [2.24, 2.45) is 4.99 Å². The number of aliphatic imine (C=N–C) groups is 1. The van der Waals surface area contributed by atoms with Gasteiger partial charge in [-0.1, -0.05) is 19.9 Å². The third-order valence-corrected chi connectivity index (χ3v) is 8.60. The third-order valence-electron chi connectivity index (χ3n) is 5.32. The normalized spacial score (nSPS) is 18.1. The van der Waals surface area contributed by atoms with Crippen molar-refractivity contribution in [3.8, 4) is 5.75 Å². The van der Waals surface area contributed by atoms with Gasteiger partial charge in [0.1, 0.15) is 22.4 Å². The second kappa shape index (κ2) is 9.78. The Kier molecular flexibility index (Phi) is 7.49. The number of rotatable bonds is 8. The van der Waals surface area contributed by atoms with Crippen LogP contribution in [0.25, 0.3) is 0 Å². The van der Waals surface area contributed by atoms with Crippen LogP contribution in [0.2, 0.25) is 0 Å². The molecular formula is C21H25F3N4O6S2. The highest BCUT2D eigenvalue weighted by molar-refractivity contribution is 7.94. The molecule has 1 aliphatic heterocycles. The molecule has 1 unspecified atom stereocenters. The summed E-state index contributed by atoms with van der Waals surface area (Å²) in [6.07, 6.45) is -2.96. The fraction of sp³-hybridized carbons (Fsp3) is 0.381. The summed E-state index contributed by atoms with van der Waals surface area (Å²) in [6, 6.07) is 4.18. The van der Waals surface area contributed by atoms with Crippen LogP contribution in [-0.4, -0.2) is 52.4 Å². The molecule has 0 saturated carbocycles. The Hall–Kier alpha value is -3.04. The van der Waals surface area contributed by atoms with Crippen LogP contribution in [0.3, 0.4) is 0 Å². The number of sulfonamides is 2. The highest BCUT2D eigenvalue weighted by Gasteiger charge is 2.51. The van der Waals surface area contributed by atoms with Crippen molar-refractivity contribution in [3.05, 3.63) is 52.5 Å². The standard InChI is InChI=1S/C21H25F3N4O6S2/c1-5-12-10-15(34-11-12)13(6-2)26-20-17(19(21(22,23)24)35(30,31)27-20)25-14-8-7-9-16(18(14)29)36(32,33)28(3)4/h7-11,13,25,29H,5-6H2,1-4H3,(H,26,27). The number of phenols is 1. The van der Waals surface area contributed by atoms with E-state index in [2.05, 4.69) is 10.3 Å². The highest BCUT2D eigenvalue weighted by atomic mass is 32.2. The summed E-state index contributed by atoms with van der Waals surface area (Å²) in [7, 11) is -6.85. The average Bonchev–Trinajstić information content (AvgIpc) is 3.34. The van der Waals surface area contributed by atoms with Gasteiger partial charge in [0.25, 0.3) is 10.0 Å². The SMILES string of the molecule is CCc1coc(C(CC)N=C2NS(=O)(=O)C(C(F)(F)F)=C2Nc2cccc(S(=O)(=O)N(C)C)c2O)c1.